The van der Waals surface area contributed by atoms with Gasteiger partial charge in [-0.15, -0.1) is 0 Å². The highest BCUT2D eigenvalue weighted by molar-refractivity contribution is 6.30. The summed E-state index contributed by atoms with van der Waals surface area (Å²) in [4.78, 5) is 14.6. The first-order valence-corrected chi connectivity index (χ1v) is 8.57. The Balaban J connectivity index is 1.68. The average molecular weight is 361 g/mol. The molecule has 1 saturated heterocycles. The summed E-state index contributed by atoms with van der Waals surface area (Å²) in [5, 5.41) is 4.00. The maximum absolute atomic E-state index is 12.7. The lowest BCUT2D eigenvalue weighted by Crippen LogP contribution is -2.50. The Bertz CT molecular complexity index is 738. The molecule has 2 aromatic rings. The van der Waals surface area contributed by atoms with Crippen molar-refractivity contribution in [2.75, 3.05) is 33.4 Å². The lowest BCUT2D eigenvalue weighted by molar-refractivity contribution is -0.136. The van der Waals surface area contributed by atoms with Crippen LogP contribution in [0.5, 0.6) is 11.5 Å². The van der Waals surface area contributed by atoms with Crippen LogP contribution >= 0.6 is 11.6 Å². The van der Waals surface area contributed by atoms with Crippen LogP contribution in [-0.2, 0) is 4.79 Å². The van der Waals surface area contributed by atoms with Gasteiger partial charge < -0.3 is 19.7 Å². The molecule has 2 aromatic carbocycles. The van der Waals surface area contributed by atoms with Gasteiger partial charge in [0.05, 0.1) is 13.2 Å². The maximum atomic E-state index is 12.7. The molecule has 0 saturated carbocycles. The van der Waals surface area contributed by atoms with Crippen molar-refractivity contribution in [2.45, 2.75) is 6.04 Å². The van der Waals surface area contributed by atoms with E-state index >= 15 is 0 Å². The molecule has 132 valence electrons. The monoisotopic (exact) mass is 360 g/mol. The van der Waals surface area contributed by atoms with E-state index in [1.807, 2.05) is 47.4 Å². The van der Waals surface area contributed by atoms with E-state index in [-0.39, 0.29) is 18.6 Å². The highest BCUT2D eigenvalue weighted by Gasteiger charge is 2.28. The molecule has 1 fully saturated rings. The summed E-state index contributed by atoms with van der Waals surface area (Å²) in [5.74, 6) is 1.26. The Labute approximate surface area is 152 Å². The summed E-state index contributed by atoms with van der Waals surface area (Å²) in [7, 11) is 1.60. The lowest BCUT2D eigenvalue weighted by Gasteiger charge is -2.36. The van der Waals surface area contributed by atoms with Crippen LogP contribution in [0, 0.1) is 0 Å². The van der Waals surface area contributed by atoms with Crippen LogP contribution in [0.1, 0.15) is 11.6 Å². The van der Waals surface area contributed by atoms with Gasteiger partial charge in [0.2, 0.25) is 0 Å². The summed E-state index contributed by atoms with van der Waals surface area (Å²) in [6, 6.07) is 14.8. The SMILES string of the molecule is COc1cccc(OCC(=O)N2CCNCC2c2cccc(Cl)c2)c1. The lowest BCUT2D eigenvalue weighted by atomic mass is 10.0. The van der Waals surface area contributed by atoms with Gasteiger partial charge in [0, 0.05) is 30.7 Å². The molecule has 0 bridgehead atoms. The molecule has 1 N–H and O–H groups in total. The number of methoxy groups -OCH3 is 1. The van der Waals surface area contributed by atoms with Gasteiger partial charge in [0.15, 0.2) is 6.61 Å². The smallest absolute Gasteiger partial charge is 0.261 e. The molecule has 25 heavy (non-hydrogen) atoms. The molecule has 0 radical (unpaired) electrons. The molecule has 6 heteroatoms. The van der Waals surface area contributed by atoms with Crippen LogP contribution in [-0.4, -0.2) is 44.2 Å². The predicted octanol–water partition coefficient (Wildman–Crippen LogP) is 2.90. The number of hydrogen-bond donors (Lipinski definition) is 1. The fourth-order valence-electron chi connectivity index (χ4n) is 2.93. The zero-order valence-corrected chi connectivity index (χ0v) is 14.8. The molecule has 1 heterocycles. The predicted molar refractivity (Wildman–Crippen MR) is 97.3 cm³/mol. The maximum Gasteiger partial charge on any atom is 0.261 e. The molecular formula is C19H21ClN2O3. The van der Waals surface area contributed by atoms with Crippen LogP contribution in [0.15, 0.2) is 48.5 Å². The number of ether oxygens (including phenoxy) is 2. The first-order valence-electron chi connectivity index (χ1n) is 8.20. The van der Waals surface area contributed by atoms with E-state index in [1.54, 1.807) is 13.2 Å². The van der Waals surface area contributed by atoms with Gasteiger partial charge in [-0.2, -0.15) is 0 Å². The number of piperazine rings is 1. The van der Waals surface area contributed by atoms with Crippen LogP contribution in [0.4, 0.5) is 0 Å². The summed E-state index contributed by atoms with van der Waals surface area (Å²) in [5.41, 5.74) is 1.02. The second kappa shape index (κ2) is 8.23. The van der Waals surface area contributed by atoms with E-state index in [4.69, 9.17) is 21.1 Å². The van der Waals surface area contributed by atoms with Crippen molar-refractivity contribution in [1.29, 1.82) is 0 Å². The molecule has 3 rings (SSSR count). The van der Waals surface area contributed by atoms with E-state index in [0.29, 0.717) is 29.6 Å². The van der Waals surface area contributed by atoms with Crippen molar-refractivity contribution >= 4 is 17.5 Å². The van der Waals surface area contributed by atoms with Crippen LogP contribution < -0.4 is 14.8 Å². The van der Waals surface area contributed by atoms with Crippen molar-refractivity contribution in [3.8, 4) is 11.5 Å². The van der Waals surface area contributed by atoms with Crippen LogP contribution in [0.2, 0.25) is 5.02 Å². The summed E-state index contributed by atoms with van der Waals surface area (Å²) in [6.45, 7) is 2.09. The quantitative estimate of drug-likeness (QED) is 0.890. The molecule has 0 aromatic heterocycles. The number of hydrogen-bond acceptors (Lipinski definition) is 4. The Morgan fingerprint density at radius 1 is 1.24 bits per heavy atom. The number of carbonyl (C=O) groups is 1. The Kier molecular flexibility index (Phi) is 5.79. The van der Waals surface area contributed by atoms with Crippen molar-refractivity contribution in [3.05, 3.63) is 59.1 Å². The van der Waals surface area contributed by atoms with Gasteiger partial charge in [-0.05, 0) is 29.8 Å². The fourth-order valence-corrected chi connectivity index (χ4v) is 3.13. The fraction of sp³-hybridized carbons (Fsp3) is 0.316. The molecule has 0 aliphatic carbocycles. The number of benzene rings is 2. The van der Waals surface area contributed by atoms with E-state index in [9.17, 15) is 4.79 Å². The third-order valence-electron chi connectivity index (χ3n) is 4.20. The van der Waals surface area contributed by atoms with Gasteiger partial charge in [-0.3, -0.25) is 4.79 Å². The van der Waals surface area contributed by atoms with Crippen molar-refractivity contribution < 1.29 is 14.3 Å². The van der Waals surface area contributed by atoms with Gasteiger partial charge in [0.1, 0.15) is 11.5 Å². The number of rotatable bonds is 5. The number of carbonyl (C=O) groups excluding carboxylic acids is 1. The van der Waals surface area contributed by atoms with Crippen LogP contribution in [0.25, 0.3) is 0 Å². The van der Waals surface area contributed by atoms with Crippen molar-refractivity contribution in [3.63, 3.8) is 0 Å². The van der Waals surface area contributed by atoms with Crippen molar-refractivity contribution in [1.82, 2.24) is 10.2 Å². The van der Waals surface area contributed by atoms with Gasteiger partial charge in [-0.25, -0.2) is 0 Å². The molecule has 1 aliphatic rings. The second-order valence-electron chi connectivity index (χ2n) is 5.83. The number of amides is 1. The topological polar surface area (TPSA) is 50.8 Å². The molecule has 5 nitrogen and oxygen atoms in total. The number of nitrogens with one attached hydrogen (secondary N) is 1. The largest absolute Gasteiger partial charge is 0.497 e. The van der Waals surface area contributed by atoms with Crippen molar-refractivity contribution in [2.24, 2.45) is 0 Å². The number of halogens is 1. The second-order valence-corrected chi connectivity index (χ2v) is 6.27. The minimum atomic E-state index is -0.0474. The molecule has 1 amide bonds. The summed E-state index contributed by atoms with van der Waals surface area (Å²) in [6.07, 6.45) is 0. The third-order valence-corrected chi connectivity index (χ3v) is 4.44. The first-order chi connectivity index (χ1) is 12.2. The normalized spacial score (nSPS) is 17.2. The summed E-state index contributed by atoms with van der Waals surface area (Å²) < 4.78 is 10.8. The molecule has 1 aliphatic heterocycles. The number of nitrogens with zero attached hydrogens (tertiary/aromatic N) is 1. The molecule has 1 unspecified atom stereocenters. The molecule has 0 spiro atoms. The molecule has 1 atom stereocenters. The standard InChI is InChI=1S/C19H21ClN2O3/c1-24-16-6-3-7-17(11-16)25-13-19(23)22-9-8-21-12-18(22)14-4-2-5-15(20)10-14/h2-7,10-11,18,21H,8-9,12-13H2,1H3. The van der Waals surface area contributed by atoms with E-state index in [0.717, 1.165) is 12.1 Å². The minimum absolute atomic E-state index is 0.00969. The minimum Gasteiger partial charge on any atom is -0.497 e. The Hall–Kier alpha value is -2.24. The van der Waals surface area contributed by atoms with E-state index in [2.05, 4.69) is 5.32 Å². The average Bonchev–Trinajstić information content (AvgIpc) is 2.66. The third kappa shape index (κ3) is 4.44. The van der Waals surface area contributed by atoms with Gasteiger partial charge in [-0.1, -0.05) is 29.8 Å². The highest BCUT2D eigenvalue weighted by Crippen LogP contribution is 2.25. The zero-order chi connectivity index (χ0) is 17.6. The van der Waals surface area contributed by atoms with E-state index < -0.39 is 0 Å². The summed E-state index contributed by atoms with van der Waals surface area (Å²) >= 11 is 6.10. The first kappa shape index (κ1) is 17.6. The Morgan fingerprint density at radius 2 is 2.04 bits per heavy atom. The van der Waals surface area contributed by atoms with Gasteiger partial charge >= 0.3 is 0 Å². The van der Waals surface area contributed by atoms with Crippen LogP contribution in [0.3, 0.4) is 0 Å². The zero-order valence-electron chi connectivity index (χ0n) is 14.1. The van der Waals surface area contributed by atoms with Gasteiger partial charge in [0.25, 0.3) is 5.91 Å². The van der Waals surface area contributed by atoms with E-state index in [1.165, 1.54) is 0 Å². The molecular weight excluding hydrogens is 340 g/mol. The Morgan fingerprint density at radius 3 is 2.84 bits per heavy atom. The highest BCUT2D eigenvalue weighted by atomic mass is 35.5.